The van der Waals surface area contributed by atoms with Crippen molar-refractivity contribution in [1.29, 1.82) is 0 Å². The quantitative estimate of drug-likeness (QED) is 0.607. The third-order valence-corrected chi connectivity index (χ3v) is 7.43. The number of hydrogen-bond acceptors (Lipinski definition) is 4. The van der Waals surface area contributed by atoms with Crippen LogP contribution in [-0.4, -0.2) is 34.0 Å². The van der Waals surface area contributed by atoms with Gasteiger partial charge in [0, 0.05) is 12.1 Å². The van der Waals surface area contributed by atoms with Crippen molar-refractivity contribution in [3.63, 3.8) is 0 Å². The number of carbonyl (C=O) groups is 1. The Bertz CT molecular complexity index is 1220. The van der Waals surface area contributed by atoms with Crippen LogP contribution in [0.1, 0.15) is 37.4 Å². The number of hydrogen-bond donors (Lipinski definition) is 0. The van der Waals surface area contributed by atoms with Crippen molar-refractivity contribution in [2.45, 2.75) is 45.6 Å². The third-order valence-electron chi connectivity index (χ3n) is 7.43. The fourth-order valence-corrected chi connectivity index (χ4v) is 5.85. The van der Waals surface area contributed by atoms with Crippen LogP contribution in [-0.2, 0) is 11.2 Å². The van der Waals surface area contributed by atoms with Crippen LogP contribution in [0.2, 0.25) is 0 Å². The number of para-hydroxylation sites is 2. The van der Waals surface area contributed by atoms with Gasteiger partial charge in [-0.1, -0.05) is 36.4 Å². The third kappa shape index (κ3) is 2.55. The molecule has 0 bridgehead atoms. The van der Waals surface area contributed by atoms with Gasteiger partial charge in [-0.15, -0.1) is 0 Å². The van der Waals surface area contributed by atoms with Crippen LogP contribution < -0.4 is 9.91 Å². The summed E-state index contributed by atoms with van der Waals surface area (Å²) in [5.74, 6) is 1.25. The Kier molecular flexibility index (Phi) is 4.25. The highest BCUT2D eigenvalue weighted by molar-refractivity contribution is 6.20. The zero-order valence-corrected chi connectivity index (χ0v) is 18.5. The first kappa shape index (κ1) is 19.3. The maximum atomic E-state index is 14.1. The first-order valence-electron chi connectivity index (χ1n) is 11.5. The molecular weight excluding hydrogens is 398 g/mol. The smallest absolute Gasteiger partial charge is 0.261 e. The Labute approximate surface area is 188 Å². The summed E-state index contributed by atoms with van der Waals surface area (Å²) in [4.78, 5) is 16.6. The molecule has 0 N–H and O–H groups in total. The van der Waals surface area contributed by atoms with Crippen LogP contribution in [0.25, 0.3) is 5.69 Å². The molecule has 0 radical (unpaired) electrons. The normalized spacial score (nSPS) is 24.5. The molecule has 6 rings (SSSR count). The molecule has 3 aliphatic rings. The number of rotatable bonds is 2. The number of fused-ring (bicyclic) bond motifs is 4. The van der Waals surface area contributed by atoms with Crippen molar-refractivity contribution in [1.82, 2.24) is 9.78 Å². The van der Waals surface area contributed by atoms with Gasteiger partial charge in [-0.3, -0.25) is 4.79 Å². The number of amides is 1. The van der Waals surface area contributed by atoms with E-state index in [9.17, 15) is 4.79 Å². The summed E-state index contributed by atoms with van der Waals surface area (Å²) in [7, 11) is 0. The van der Waals surface area contributed by atoms with Crippen LogP contribution in [0, 0.1) is 12.3 Å². The van der Waals surface area contributed by atoms with E-state index in [2.05, 4.69) is 28.6 Å². The van der Waals surface area contributed by atoms with Gasteiger partial charge in [0.15, 0.2) is 0 Å². The lowest BCUT2D eigenvalue weighted by Crippen LogP contribution is -2.61. The SMILES string of the molecule is CC1=NN(c2ccccc2)C(=O)[C@]12Cc1c(C)nn(-c3ccccc3)c1N1CCCC[C@@H]12. The molecule has 2 aromatic carbocycles. The first-order chi connectivity index (χ1) is 15.6. The fraction of sp³-hybridized carbons (Fsp3) is 0.346. The predicted molar refractivity (Wildman–Crippen MR) is 126 cm³/mol. The molecule has 0 aliphatic carbocycles. The summed E-state index contributed by atoms with van der Waals surface area (Å²) in [5, 5.41) is 11.4. The molecule has 32 heavy (non-hydrogen) atoms. The number of hydrazone groups is 1. The van der Waals surface area contributed by atoms with Crippen LogP contribution >= 0.6 is 0 Å². The minimum atomic E-state index is -0.640. The molecule has 2 atom stereocenters. The molecular formula is C26H27N5O. The van der Waals surface area contributed by atoms with Gasteiger partial charge in [-0.25, -0.2) is 4.68 Å². The lowest BCUT2D eigenvalue weighted by Gasteiger charge is -2.50. The van der Waals surface area contributed by atoms with Crippen molar-refractivity contribution in [3.05, 3.63) is 71.9 Å². The largest absolute Gasteiger partial charge is 0.352 e. The summed E-state index contributed by atoms with van der Waals surface area (Å²) in [6, 6.07) is 20.2. The first-order valence-corrected chi connectivity index (χ1v) is 11.5. The summed E-state index contributed by atoms with van der Waals surface area (Å²) in [6.07, 6.45) is 3.89. The zero-order valence-electron chi connectivity index (χ0n) is 18.5. The average Bonchev–Trinajstić information content (AvgIpc) is 3.30. The topological polar surface area (TPSA) is 53.7 Å². The molecule has 1 aromatic heterocycles. The number of aromatic nitrogens is 2. The molecule has 1 saturated heterocycles. The van der Waals surface area contributed by atoms with Gasteiger partial charge in [0.1, 0.15) is 11.2 Å². The summed E-state index contributed by atoms with van der Waals surface area (Å²) in [6.45, 7) is 5.04. The number of benzene rings is 2. The van der Waals surface area contributed by atoms with Gasteiger partial charge in [0.05, 0.1) is 28.8 Å². The van der Waals surface area contributed by atoms with Crippen molar-refractivity contribution in [2.24, 2.45) is 10.5 Å². The van der Waals surface area contributed by atoms with E-state index in [1.807, 2.05) is 55.5 Å². The number of nitrogens with zero attached hydrogens (tertiary/aromatic N) is 5. The molecule has 162 valence electrons. The van der Waals surface area contributed by atoms with Crippen molar-refractivity contribution in [3.8, 4) is 5.69 Å². The maximum Gasteiger partial charge on any atom is 0.261 e. The van der Waals surface area contributed by atoms with Gasteiger partial charge in [-0.05, 0) is 63.8 Å². The van der Waals surface area contributed by atoms with Crippen LogP contribution in [0.15, 0.2) is 65.8 Å². The summed E-state index contributed by atoms with van der Waals surface area (Å²) < 4.78 is 2.08. The molecule has 1 fully saturated rings. The zero-order chi connectivity index (χ0) is 21.9. The Morgan fingerprint density at radius 1 is 0.938 bits per heavy atom. The second-order valence-electron chi connectivity index (χ2n) is 9.13. The van der Waals surface area contributed by atoms with Crippen molar-refractivity contribution < 1.29 is 4.79 Å². The standard InChI is InChI=1S/C26H27N5O/c1-18-22-17-26(19(2)28-31(25(26)32)21-13-7-4-8-14-21)23-15-9-10-16-29(23)24(22)30(27-18)20-11-5-3-6-12-20/h3-8,11-14,23H,9-10,15-17H2,1-2H3/t23-,26-/m1/s1. The molecule has 6 heteroatoms. The van der Waals surface area contributed by atoms with Gasteiger partial charge in [-0.2, -0.15) is 15.2 Å². The highest BCUT2D eigenvalue weighted by Gasteiger charge is 2.60. The van der Waals surface area contributed by atoms with Gasteiger partial charge >= 0.3 is 0 Å². The molecule has 1 spiro atoms. The van der Waals surface area contributed by atoms with Gasteiger partial charge in [0.25, 0.3) is 5.91 Å². The monoisotopic (exact) mass is 425 g/mol. The molecule has 0 saturated carbocycles. The Balaban J connectivity index is 1.51. The number of aryl methyl sites for hydroxylation is 1. The van der Waals surface area contributed by atoms with E-state index in [4.69, 9.17) is 10.2 Å². The molecule has 3 aliphatic heterocycles. The van der Waals surface area contributed by atoms with Gasteiger partial charge < -0.3 is 4.90 Å². The highest BCUT2D eigenvalue weighted by atomic mass is 16.2. The van der Waals surface area contributed by atoms with E-state index in [0.717, 1.165) is 54.4 Å². The van der Waals surface area contributed by atoms with E-state index in [-0.39, 0.29) is 11.9 Å². The van der Waals surface area contributed by atoms with Gasteiger partial charge in [0.2, 0.25) is 0 Å². The van der Waals surface area contributed by atoms with Crippen molar-refractivity contribution >= 4 is 23.1 Å². The maximum absolute atomic E-state index is 14.1. The Hall–Kier alpha value is -3.41. The van der Waals surface area contributed by atoms with Crippen LogP contribution in [0.4, 0.5) is 11.5 Å². The van der Waals surface area contributed by atoms with E-state index in [1.165, 1.54) is 5.56 Å². The Morgan fingerprint density at radius 3 is 2.34 bits per heavy atom. The fourth-order valence-electron chi connectivity index (χ4n) is 5.85. The number of carbonyl (C=O) groups excluding carboxylic acids is 1. The summed E-state index contributed by atoms with van der Waals surface area (Å²) in [5.41, 5.74) is 4.33. The predicted octanol–water partition coefficient (Wildman–Crippen LogP) is 4.50. The van der Waals surface area contributed by atoms with E-state index in [0.29, 0.717) is 6.42 Å². The van der Waals surface area contributed by atoms with E-state index in [1.54, 1.807) is 5.01 Å². The van der Waals surface area contributed by atoms with Crippen LogP contribution in [0.5, 0.6) is 0 Å². The van der Waals surface area contributed by atoms with E-state index < -0.39 is 5.41 Å². The number of piperidine rings is 1. The molecule has 1 amide bonds. The molecule has 3 aromatic rings. The second kappa shape index (κ2) is 7.05. The Morgan fingerprint density at radius 2 is 1.62 bits per heavy atom. The second-order valence-corrected chi connectivity index (χ2v) is 9.13. The average molecular weight is 426 g/mol. The van der Waals surface area contributed by atoms with E-state index >= 15 is 0 Å². The summed E-state index contributed by atoms with van der Waals surface area (Å²) >= 11 is 0. The van der Waals surface area contributed by atoms with Crippen LogP contribution in [0.3, 0.4) is 0 Å². The minimum Gasteiger partial charge on any atom is -0.352 e. The number of anilines is 2. The molecule has 4 heterocycles. The van der Waals surface area contributed by atoms with Crippen molar-refractivity contribution in [2.75, 3.05) is 16.5 Å². The minimum absolute atomic E-state index is 0.0901. The molecule has 6 nitrogen and oxygen atoms in total. The lowest BCUT2D eigenvalue weighted by molar-refractivity contribution is -0.125. The lowest BCUT2D eigenvalue weighted by atomic mass is 9.66. The molecule has 0 unspecified atom stereocenters. The highest BCUT2D eigenvalue weighted by Crippen LogP contribution is 2.51.